The topological polar surface area (TPSA) is 69.7 Å². The van der Waals surface area contributed by atoms with Gasteiger partial charge in [-0.05, 0) is 17.7 Å². The van der Waals surface area contributed by atoms with Crippen LogP contribution in [0.3, 0.4) is 0 Å². The first-order valence-corrected chi connectivity index (χ1v) is 8.01. The van der Waals surface area contributed by atoms with E-state index >= 15 is 0 Å². The van der Waals surface area contributed by atoms with Crippen molar-refractivity contribution in [2.24, 2.45) is 0 Å². The Morgan fingerprint density at radius 1 is 1.04 bits per heavy atom. The molecule has 1 saturated heterocycles. The Kier molecular flexibility index (Phi) is 4.79. The molecule has 128 valence electrons. The minimum absolute atomic E-state index is 0.0100. The lowest BCUT2D eigenvalue weighted by Crippen LogP contribution is -2.41. The fourth-order valence-corrected chi connectivity index (χ4v) is 2.89. The van der Waals surface area contributed by atoms with Gasteiger partial charge in [0, 0.05) is 12.6 Å². The first-order valence-electron chi connectivity index (χ1n) is 8.01. The summed E-state index contributed by atoms with van der Waals surface area (Å²) in [5.41, 5.74) is 1.35. The van der Waals surface area contributed by atoms with Crippen LogP contribution in [0.4, 0.5) is 0 Å². The zero-order chi connectivity index (χ0) is 17.8. The normalized spacial score (nSPS) is 16.8. The molecule has 3 amide bonds. The standard InChI is InChI=1S/C19H19N3O3/c1-21-17(24)13-22(19(21)15-10-6-3-7-11-15)16(23)12-20-18(25)14-8-4-2-5-9-14/h2-11,19H,12-13H2,1H3,(H,20,25)/t19-/m0/s1. The molecule has 0 bridgehead atoms. The maximum atomic E-state index is 12.6. The van der Waals surface area contributed by atoms with Gasteiger partial charge in [0.2, 0.25) is 11.8 Å². The van der Waals surface area contributed by atoms with Gasteiger partial charge in [-0.25, -0.2) is 0 Å². The van der Waals surface area contributed by atoms with Crippen LogP contribution in [0.15, 0.2) is 60.7 Å². The number of amides is 3. The highest BCUT2D eigenvalue weighted by atomic mass is 16.2. The van der Waals surface area contributed by atoms with Gasteiger partial charge in [-0.15, -0.1) is 0 Å². The van der Waals surface area contributed by atoms with Crippen LogP contribution < -0.4 is 5.32 Å². The van der Waals surface area contributed by atoms with E-state index in [1.165, 1.54) is 4.90 Å². The average molecular weight is 337 g/mol. The van der Waals surface area contributed by atoms with E-state index in [-0.39, 0.29) is 30.8 Å². The molecule has 1 heterocycles. The van der Waals surface area contributed by atoms with Crippen LogP contribution in [0.2, 0.25) is 0 Å². The predicted molar refractivity (Wildman–Crippen MR) is 92.4 cm³/mol. The smallest absolute Gasteiger partial charge is 0.251 e. The number of carbonyl (C=O) groups excluding carboxylic acids is 3. The SMILES string of the molecule is CN1C(=O)CN(C(=O)CNC(=O)c2ccccc2)[C@H]1c1ccccc1. The van der Waals surface area contributed by atoms with Gasteiger partial charge in [0.25, 0.3) is 5.91 Å². The summed E-state index contributed by atoms with van der Waals surface area (Å²) in [5.74, 6) is -0.739. The minimum atomic E-state index is -0.449. The number of nitrogens with zero attached hydrogens (tertiary/aromatic N) is 2. The molecular weight excluding hydrogens is 318 g/mol. The molecule has 0 spiro atoms. The molecule has 1 aliphatic heterocycles. The molecule has 0 aliphatic carbocycles. The molecule has 0 radical (unpaired) electrons. The molecule has 2 aromatic rings. The summed E-state index contributed by atoms with van der Waals surface area (Å²) >= 11 is 0. The summed E-state index contributed by atoms with van der Waals surface area (Å²) in [6.07, 6.45) is -0.449. The largest absolute Gasteiger partial charge is 0.343 e. The average Bonchev–Trinajstić information content (AvgIpc) is 2.96. The van der Waals surface area contributed by atoms with Crippen molar-refractivity contribution in [3.63, 3.8) is 0 Å². The van der Waals surface area contributed by atoms with Gasteiger partial charge >= 0.3 is 0 Å². The van der Waals surface area contributed by atoms with E-state index in [1.807, 2.05) is 36.4 Å². The lowest BCUT2D eigenvalue weighted by molar-refractivity contribution is -0.132. The highest BCUT2D eigenvalue weighted by Crippen LogP contribution is 2.29. The molecule has 6 nitrogen and oxygen atoms in total. The minimum Gasteiger partial charge on any atom is -0.343 e. The van der Waals surface area contributed by atoms with Crippen molar-refractivity contribution in [2.45, 2.75) is 6.17 Å². The van der Waals surface area contributed by atoms with E-state index in [9.17, 15) is 14.4 Å². The first-order chi connectivity index (χ1) is 12.1. The highest BCUT2D eigenvalue weighted by molar-refractivity contribution is 5.97. The Morgan fingerprint density at radius 3 is 2.28 bits per heavy atom. The lowest BCUT2D eigenvalue weighted by atomic mass is 10.1. The van der Waals surface area contributed by atoms with Crippen LogP contribution in [0.5, 0.6) is 0 Å². The molecular formula is C19H19N3O3. The van der Waals surface area contributed by atoms with E-state index in [0.29, 0.717) is 5.56 Å². The third-order valence-electron chi connectivity index (χ3n) is 4.22. The van der Waals surface area contributed by atoms with Crippen molar-refractivity contribution in [1.82, 2.24) is 15.1 Å². The van der Waals surface area contributed by atoms with Crippen molar-refractivity contribution < 1.29 is 14.4 Å². The van der Waals surface area contributed by atoms with E-state index < -0.39 is 6.17 Å². The van der Waals surface area contributed by atoms with Crippen molar-refractivity contribution in [2.75, 3.05) is 20.1 Å². The maximum Gasteiger partial charge on any atom is 0.251 e. The summed E-state index contributed by atoms with van der Waals surface area (Å²) in [6, 6.07) is 18.1. The first kappa shape index (κ1) is 16.7. The molecule has 0 aromatic heterocycles. The van der Waals surface area contributed by atoms with Gasteiger partial charge in [-0.3, -0.25) is 14.4 Å². The van der Waals surface area contributed by atoms with Crippen LogP contribution in [-0.2, 0) is 9.59 Å². The molecule has 0 unspecified atom stereocenters. The Bertz CT molecular complexity index is 777. The molecule has 25 heavy (non-hydrogen) atoms. The molecule has 1 fully saturated rings. The summed E-state index contributed by atoms with van der Waals surface area (Å²) in [7, 11) is 1.68. The molecule has 1 aliphatic rings. The molecule has 1 atom stereocenters. The molecule has 0 saturated carbocycles. The van der Waals surface area contributed by atoms with E-state index in [0.717, 1.165) is 5.56 Å². The van der Waals surface area contributed by atoms with Gasteiger partial charge in [0.15, 0.2) is 0 Å². The van der Waals surface area contributed by atoms with Crippen molar-refractivity contribution in [1.29, 1.82) is 0 Å². The Labute approximate surface area is 146 Å². The van der Waals surface area contributed by atoms with Gasteiger partial charge in [-0.1, -0.05) is 48.5 Å². The number of benzene rings is 2. The lowest BCUT2D eigenvalue weighted by Gasteiger charge is -2.28. The Hall–Kier alpha value is -3.15. The summed E-state index contributed by atoms with van der Waals surface area (Å²) in [4.78, 5) is 39.8. The van der Waals surface area contributed by atoms with E-state index in [2.05, 4.69) is 5.32 Å². The fourth-order valence-electron chi connectivity index (χ4n) is 2.89. The van der Waals surface area contributed by atoms with Gasteiger partial charge in [-0.2, -0.15) is 0 Å². The summed E-state index contributed by atoms with van der Waals surface area (Å²) < 4.78 is 0. The van der Waals surface area contributed by atoms with E-state index in [1.54, 1.807) is 36.2 Å². The van der Waals surface area contributed by atoms with Crippen LogP contribution in [0.1, 0.15) is 22.1 Å². The zero-order valence-electron chi connectivity index (χ0n) is 13.9. The van der Waals surface area contributed by atoms with Crippen LogP contribution in [-0.4, -0.2) is 47.7 Å². The van der Waals surface area contributed by atoms with Crippen molar-refractivity contribution >= 4 is 17.7 Å². The second kappa shape index (κ2) is 7.17. The van der Waals surface area contributed by atoms with E-state index in [4.69, 9.17) is 0 Å². The number of nitrogens with one attached hydrogen (secondary N) is 1. The number of hydrogen-bond acceptors (Lipinski definition) is 3. The molecule has 6 heteroatoms. The number of carbonyl (C=O) groups is 3. The van der Waals surface area contributed by atoms with Gasteiger partial charge < -0.3 is 15.1 Å². The quantitative estimate of drug-likeness (QED) is 0.917. The van der Waals surface area contributed by atoms with Crippen LogP contribution >= 0.6 is 0 Å². The number of likely N-dealkylation sites (N-methyl/N-ethyl adjacent to an activating group) is 1. The third-order valence-corrected chi connectivity index (χ3v) is 4.22. The number of hydrogen-bond donors (Lipinski definition) is 1. The fraction of sp³-hybridized carbons (Fsp3) is 0.211. The highest BCUT2D eigenvalue weighted by Gasteiger charge is 2.39. The molecule has 3 rings (SSSR count). The maximum absolute atomic E-state index is 12.6. The molecule has 2 aromatic carbocycles. The predicted octanol–water partition coefficient (Wildman–Crippen LogP) is 1.42. The van der Waals surface area contributed by atoms with Gasteiger partial charge in [0.1, 0.15) is 12.7 Å². The number of rotatable bonds is 4. The second-order valence-electron chi connectivity index (χ2n) is 5.86. The summed E-state index contributed by atoms with van der Waals surface area (Å²) in [5, 5.41) is 2.62. The zero-order valence-corrected chi connectivity index (χ0v) is 13.9. The summed E-state index contributed by atoms with van der Waals surface area (Å²) in [6.45, 7) is -0.145. The Balaban J connectivity index is 1.70. The second-order valence-corrected chi connectivity index (χ2v) is 5.86. The monoisotopic (exact) mass is 337 g/mol. The Morgan fingerprint density at radius 2 is 1.64 bits per heavy atom. The molecule has 1 N–H and O–H groups in total. The van der Waals surface area contributed by atoms with Crippen molar-refractivity contribution in [3.8, 4) is 0 Å². The van der Waals surface area contributed by atoms with Gasteiger partial charge in [0.05, 0.1) is 6.54 Å². The van der Waals surface area contributed by atoms with Crippen molar-refractivity contribution in [3.05, 3.63) is 71.8 Å². The third kappa shape index (κ3) is 3.52. The van der Waals surface area contributed by atoms with Crippen LogP contribution in [0.25, 0.3) is 0 Å². The van der Waals surface area contributed by atoms with Crippen LogP contribution in [0, 0.1) is 0 Å².